The zero-order valence-corrected chi connectivity index (χ0v) is 9.10. The molecule has 0 spiro atoms. The first-order valence-corrected chi connectivity index (χ1v) is 6.95. The lowest BCUT2D eigenvalue weighted by Gasteiger charge is -2.10. The molecule has 3 nitrogen and oxygen atoms in total. The van der Waals surface area contributed by atoms with Crippen molar-refractivity contribution in [2.45, 2.75) is 6.10 Å². The molecule has 0 aromatic heterocycles. The van der Waals surface area contributed by atoms with E-state index < -0.39 is 19.2 Å². The highest BCUT2D eigenvalue weighted by molar-refractivity contribution is 7.72. The Labute approximate surface area is 88.7 Å². The highest BCUT2D eigenvalue weighted by Crippen LogP contribution is 2.52. The minimum atomic E-state index is -2.52. The second-order valence-electron chi connectivity index (χ2n) is 3.89. The molecule has 1 aromatic carbocycles. The first-order valence-electron chi connectivity index (χ1n) is 4.87. The van der Waals surface area contributed by atoms with Gasteiger partial charge in [-0.2, -0.15) is 5.26 Å². The van der Waals surface area contributed by atoms with Gasteiger partial charge in [0.05, 0.1) is 18.1 Å². The van der Waals surface area contributed by atoms with E-state index in [0.717, 1.165) is 5.30 Å². The average Bonchev–Trinajstić information content (AvgIpc) is 2.56. The predicted octanol–water partition coefficient (Wildman–Crippen LogP) is 1.19. The Morgan fingerprint density at radius 2 is 2.00 bits per heavy atom. The summed E-state index contributed by atoms with van der Waals surface area (Å²) in [5, 5.41) is 19.2. The van der Waals surface area contributed by atoms with Crippen LogP contribution in [0.4, 0.5) is 0 Å². The van der Waals surface area contributed by atoms with Gasteiger partial charge >= 0.3 is 0 Å². The summed E-state index contributed by atoms with van der Waals surface area (Å²) < 4.78 is 12.5. The van der Waals surface area contributed by atoms with E-state index >= 15 is 0 Å². The summed E-state index contributed by atoms with van der Waals surface area (Å²) in [5.74, 6) is -0.476. The lowest BCUT2D eigenvalue weighted by Crippen LogP contribution is -2.15. The Kier molecular flexibility index (Phi) is 2.65. The van der Waals surface area contributed by atoms with Gasteiger partial charge in [-0.15, -0.1) is 0 Å². The third kappa shape index (κ3) is 1.84. The summed E-state index contributed by atoms with van der Waals surface area (Å²) in [6, 6.07) is 11.2. The number of rotatable bonds is 1. The summed E-state index contributed by atoms with van der Waals surface area (Å²) in [5.41, 5.74) is 0. The molecule has 1 aromatic rings. The molecule has 1 N–H and O–H groups in total. The maximum atomic E-state index is 12.5. The third-order valence-electron chi connectivity index (χ3n) is 2.83. The van der Waals surface area contributed by atoms with Crippen LogP contribution in [0, 0.1) is 17.2 Å². The third-order valence-corrected chi connectivity index (χ3v) is 6.02. The van der Waals surface area contributed by atoms with Crippen molar-refractivity contribution in [3.8, 4) is 6.07 Å². The summed E-state index contributed by atoms with van der Waals surface area (Å²) >= 11 is 0. The van der Waals surface area contributed by atoms with Crippen molar-refractivity contribution >= 4 is 12.4 Å². The fraction of sp³-hybridized carbons (Fsp3) is 0.364. The fourth-order valence-corrected chi connectivity index (χ4v) is 5.09. The standard InChI is InChI=1S/C11H12NO2P/c12-6-9-7-15(14,8-11(9)13)10-4-2-1-3-5-10/h1-5,9,11,13H,7-8H2/t9-,11-,15+/m0/s1. The molecule has 0 bridgehead atoms. The van der Waals surface area contributed by atoms with E-state index in [4.69, 9.17) is 5.26 Å². The van der Waals surface area contributed by atoms with E-state index in [1.807, 2.05) is 36.4 Å². The van der Waals surface area contributed by atoms with E-state index in [-0.39, 0.29) is 6.16 Å². The Hall–Kier alpha value is -1.10. The summed E-state index contributed by atoms with van der Waals surface area (Å²) in [6.07, 6.45) is -0.176. The normalized spacial score (nSPS) is 34.9. The van der Waals surface area contributed by atoms with E-state index in [1.165, 1.54) is 0 Å². The minimum Gasteiger partial charge on any atom is -0.391 e. The number of aliphatic hydroxyl groups is 1. The molecule has 0 saturated carbocycles. The van der Waals surface area contributed by atoms with Crippen LogP contribution in [0.25, 0.3) is 0 Å². The molecule has 3 atom stereocenters. The van der Waals surface area contributed by atoms with Crippen LogP contribution >= 0.6 is 7.14 Å². The van der Waals surface area contributed by atoms with Crippen LogP contribution in [0.1, 0.15) is 0 Å². The highest BCUT2D eigenvalue weighted by Gasteiger charge is 2.41. The lowest BCUT2D eigenvalue weighted by molar-refractivity contribution is 0.174. The minimum absolute atomic E-state index is 0.245. The Balaban J connectivity index is 2.32. The van der Waals surface area contributed by atoms with E-state index in [2.05, 4.69) is 0 Å². The molecule has 1 heterocycles. The Bertz CT molecular complexity index is 438. The highest BCUT2D eigenvalue weighted by atomic mass is 31.2. The molecular formula is C11H12NO2P. The molecule has 0 radical (unpaired) electrons. The van der Waals surface area contributed by atoms with Gasteiger partial charge < -0.3 is 9.67 Å². The van der Waals surface area contributed by atoms with Gasteiger partial charge in [-0.05, 0) is 0 Å². The SMILES string of the molecule is N#C[C@H]1C[P@](=O)(c2ccccc2)C[C@@H]1O. The van der Waals surface area contributed by atoms with Gasteiger partial charge in [-0.3, -0.25) is 0 Å². The molecule has 1 aliphatic rings. The van der Waals surface area contributed by atoms with Crippen LogP contribution in [0.2, 0.25) is 0 Å². The molecule has 15 heavy (non-hydrogen) atoms. The van der Waals surface area contributed by atoms with E-state index in [1.54, 1.807) is 0 Å². The lowest BCUT2D eigenvalue weighted by atomic mass is 10.1. The number of nitrogens with zero attached hydrogens (tertiary/aromatic N) is 1. The quantitative estimate of drug-likeness (QED) is 0.724. The Morgan fingerprint density at radius 1 is 1.33 bits per heavy atom. The molecule has 0 aliphatic carbocycles. The number of nitriles is 1. The summed E-state index contributed by atoms with van der Waals surface area (Å²) in [6.45, 7) is 0. The predicted molar refractivity (Wildman–Crippen MR) is 58.5 cm³/mol. The van der Waals surface area contributed by atoms with Gasteiger partial charge in [0.25, 0.3) is 0 Å². The number of hydrogen-bond acceptors (Lipinski definition) is 3. The summed E-state index contributed by atoms with van der Waals surface area (Å²) in [7, 11) is -2.52. The fourth-order valence-electron chi connectivity index (χ4n) is 1.98. The molecule has 1 fully saturated rings. The maximum Gasteiger partial charge on any atom is 0.119 e. The van der Waals surface area contributed by atoms with Crippen LogP contribution in [0.5, 0.6) is 0 Å². The first kappa shape index (κ1) is 10.4. The molecule has 78 valence electrons. The van der Waals surface area contributed by atoms with Crippen molar-refractivity contribution < 1.29 is 9.67 Å². The van der Waals surface area contributed by atoms with Crippen molar-refractivity contribution in [1.29, 1.82) is 5.26 Å². The molecule has 2 rings (SSSR count). The zero-order chi connectivity index (χ0) is 10.9. The van der Waals surface area contributed by atoms with Gasteiger partial charge in [0, 0.05) is 17.6 Å². The van der Waals surface area contributed by atoms with Crippen LogP contribution in [-0.2, 0) is 4.57 Å². The first-order chi connectivity index (χ1) is 7.15. The molecule has 1 aliphatic heterocycles. The number of benzene rings is 1. The summed E-state index contributed by atoms with van der Waals surface area (Å²) in [4.78, 5) is 0. The number of hydrogen-bond donors (Lipinski definition) is 1. The van der Waals surface area contributed by atoms with E-state index in [9.17, 15) is 9.67 Å². The molecule has 0 unspecified atom stereocenters. The van der Waals surface area contributed by atoms with Crippen molar-refractivity contribution in [1.82, 2.24) is 0 Å². The van der Waals surface area contributed by atoms with Gasteiger partial charge in [0.15, 0.2) is 0 Å². The van der Waals surface area contributed by atoms with Crippen LogP contribution in [0.15, 0.2) is 30.3 Å². The topological polar surface area (TPSA) is 61.1 Å². The van der Waals surface area contributed by atoms with Crippen LogP contribution in [-0.4, -0.2) is 23.5 Å². The smallest absolute Gasteiger partial charge is 0.119 e. The zero-order valence-electron chi connectivity index (χ0n) is 8.21. The van der Waals surface area contributed by atoms with Crippen molar-refractivity contribution in [2.75, 3.05) is 12.3 Å². The Morgan fingerprint density at radius 3 is 2.53 bits per heavy atom. The molecule has 0 amide bonds. The molecule has 4 heteroatoms. The number of aliphatic hydroxyl groups excluding tert-OH is 1. The second kappa shape index (κ2) is 3.81. The van der Waals surface area contributed by atoms with Gasteiger partial charge in [-0.1, -0.05) is 30.3 Å². The van der Waals surface area contributed by atoms with Crippen LogP contribution in [0.3, 0.4) is 0 Å². The van der Waals surface area contributed by atoms with Crippen molar-refractivity contribution in [3.05, 3.63) is 30.3 Å². The second-order valence-corrected chi connectivity index (χ2v) is 6.92. The average molecular weight is 221 g/mol. The van der Waals surface area contributed by atoms with Crippen molar-refractivity contribution in [3.63, 3.8) is 0 Å². The van der Waals surface area contributed by atoms with Crippen molar-refractivity contribution in [2.24, 2.45) is 5.92 Å². The van der Waals surface area contributed by atoms with Crippen LogP contribution < -0.4 is 5.30 Å². The monoisotopic (exact) mass is 221 g/mol. The van der Waals surface area contributed by atoms with Gasteiger partial charge in [0.1, 0.15) is 7.14 Å². The largest absolute Gasteiger partial charge is 0.391 e. The van der Waals surface area contributed by atoms with E-state index in [0.29, 0.717) is 6.16 Å². The molecule has 1 saturated heterocycles. The maximum absolute atomic E-state index is 12.5. The van der Waals surface area contributed by atoms with Gasteiger partial charge in [0.2, 0.25) is 0 Å². The molecular weight excluding hydrogens is 209 g/mol. The van der Waals surface area contributed by atoms with Gasteiger partial charge in [-0.25, -0.2) is 0 Å².